The van der Waals surface area contributed by atoms with Crippen LogP contribution < -0.4 is 5.32 Å². The number of halogens is 1. The van der Waals surface area contributed by atoms with Crippen molar-refractivity contribution in [2.45, 2.75) is 6.54 Å². The van der Waals surface area contributed by atoms with E-state index in [1.807, 2.05) is 36.4 Å². The van der Waals surface area contributed by atoms with Crippen molar-refractivity contribution in [3.63, 3.8) is 0 Å². The van der Waals surface area contributed by atoms with Crippen LogP contribution >= 0.6 is 11.6 Å². The number of para-hydroxylation sites is 2. The van der Waals surface area contributed by atoms with Crippen molar-refractivity contribution in [3.8, 4) is 5.75 Å². The molecule has 0 aliphatic rings. The van der Waals surface area contributed by atoms with Crippen LogP contribution in [-0.4, -0.2) is 15.1 Å². The molecule has 0 spiro atoms. The van der Waals surface area contributed by atoms with Crippen molar-refractivity contribution < 1.29 is 5.11 Å². The molecule has 20 heavy (non-hydrogen) atoms. The molecule has 0 fully saturated rings. The van der Waals surface area contributed by atoms with E-state index in [9.17, 15) is 5.11 Å². The van der Waals surface area contributed by atoms with Gasteiger partial charge in [-0.3, -0.25) is 0 Å². The van der Waals surface area contributed by atoms with Gasteiger partial charge in [0.25, 0.3) is 0 Å². The van der Waals surface area contributed by atoms with E-state index in [-0.39, 0.29) is 11.0 Å². The summed E-state index contributed by atoms with van der Waals surface area (Å²) in [7, 11) is 0. The summed E-state index contributed by atoms with van der Waals surface area (Å²) in [5.74, 6) is 0.910. The summed E-state index contributed by atoms with van der Waals surface area (Å²) in [6.07, 6.45) is 0. The maximum absolute atomic E-state index is 9.76. The largest absolute Gasteiger partial charge is 0.508 e. The highest BCUT2D eigenvalue weighted by molar-refractivity contribution is 6.28. The van der Waals surface area contributed by atoms with Gasteiger partial charge in [0.15, 0.2) is 0 Å². The van der Waals surface area contributed by atoms with Gasteiger partial charge in [0.2, 0.25) is 5.28 Å². The smallest absolute Gasteiger partial charge is 0.224 e. The van der Waals surface area contributed by atoms with Gasteiger partial charge in [-0.2, -0.15) is 0 Å². The summed E-state index contributed by atoms with van der Waals surface area (Å²) in [5, 5.41) is 14.0. The summed E-state index contributed by atoms with van der Waals surface area (Å²) < 4.78 is 0. The van der Waals surface area contributed by atoms with Gasteiger partial charge < -0.3 is 10.4 Å². The normalized spacial score (nSPS) is 10.7. The van der Waals surface area contributed by atoms with E-state index in [0.29, 0.717) is 12.4 Å². The lowest BCUT2D eigenvalue weighted by molar-refractivity contribution is 0.469. The molecular formula is C15H12ClN3O. The Morgan fingerprint density at radius 2 is 1.75 bits per heavy atom. The van der Waals surface area contributed by atoms with Crippen LogP contribution in [0.2, 0.25) is 5.28 Å². The van der Waals surface area contributed by atoms with Gasteiger partial charge in [-0.05, 0) is 29.8 Å². The second-order valence-corrected chi connectivity index (χ2v) is 4.68. The van der Waals surface area contributed by atoms with Gasteiger partial charge in [-0.25, -0.2) is 9.97 Å². The minimum absolute atomic E-state index is 0.198. The fourth-order valence-corrected chi connectivity index (χ4v) is 2.20. The minimum Gasteiger partial charge on any atom is -0.508 e. The topological polar surface area (TPSA) is 58.0 Å². The monoisotopic (exact) mass is 285 g/mol. The van der Waals surface area contributed by atoms with Crippen LogP contribution in [0.15, 0.2) is 48.5 Å². The number of benzene rings is 2. The Kier molecular flexibility index (Phi) is 3.39. The van der Waals surface area contributed by atoms with Crippen LogP contribution in [0.5, 0.6) is 5.75 Å². The molecule has 3 rings (SSSR count). The summed E-state index contributed by atoms with van der Waals surface area (Å²) in [6, 6.07) is 14.8. The number of phenols is 1. The fourth-order valence-electron chi connectivity index (χ4n) is 2.02. The summed E-state index contributed by atoms with van der Waals surface area (Å²) in [5.41, 5.74) is 1.58. The third-order valence-electron chi connectivity index (χ3n) is 3.01. The standard InChI is InChI=1S/C15H12ClN3O/c16-15-18-12-7-3-2-6-11(12)14(19-15)17-9-10-5-1-4-8-13(10)20/h1-8,20H,9H2,(H,17,18,19). The molecule has 0 bridgehead atoms. The van der Waals surface area contributed by atoms with Gasteiger partial charge in [0.1, 0.15) is 11.6 Å². The number of nitrogens with zero attached hydrogens (tertiary/aromatic N) is 2. The average Bonchev–Trinajstić information content (AvgIpc) is 2.46. The molecule has 2 aromatic carbocycles. The maximum Gasteiger partial charge on any atom is 0.224 e. The van der Waals surface area contributed by atoms with Crippen LogP contribution in [-0.2, 0) is 6.54 Å². The van der Waals surface area contributed by atoms with Gasteiger partial charge in [0, 0.05) is 17.5 Å². The first-order valence-corrected chi connectivity index (χ1v) is 6.55. The number of aromatic nitrogens is 2. The van der Waals surface area contributed by atoms with Crippen LogP contribution in [0.4, 0.5) is 5.82 Å². The van der Waals surface area contributed by atoms with E-state index >= 15 is 0 Å². The molecule has 3 aromatic rings. The van der Waals surface area contributed by atoms with Crippen molar-refractivity contribution in [1.29, 1.82) is 0 Å². The SMILES string of the molecule is Oc1ccccc1CNc1nc(Cl)nc2ccccc12. The van der Waals surface area contributed by atoms with Crippen molar-refractivity contribution in [3.05, 3.63) is 59.4 Å². The lowest BCUT2D eigenvalue weighted by atomic mass is 10.2. The van der Waals surface area contributed by atoms with Crippen molar-refractivity contribution >= 4 is 28.3 Å². The Labute approximate surface area is 121 Å². The summed E-state index contributed by atoms with van der Waals surface area (Å²) in [4.78, 5) is 8.38. The van der Waals surface area contributed by atoms with Crippen molar-refractivity contribution in [2.24, 2.45) is 0 Å². The molecule has 0 amide bonds. The fraction of sp³-hybridized carbons (Fsp3) is 0.0667. The molecule has 0 unspecified atom stereocenters. The number of rotatable bonds is 3. The number of nitrogens with one attached hydrogen (secondary N) is 1. The van der Waals surface area contributed by atoms with Gasteiger partial charge in [-0.15, -0.1) is 0 Å². The summed E-state index contributed by atoms with van der Waals surface area (Å²) in [6.45, 7) is 0.462. The predicted octanol–water partition coefficient (Wildman–Crippen LogP) is 3.60. The molecule has 0 aliphatic carbocycles. The van der Waals surface area contributed by atoms with Crippen molar-refractivity contribution in [1.82, 2.24) is 9.97 Å². The van der Waals surface area contributed by atoms with Gasteiger partial charge >= 0.3 is 0 Å². The second-order valence-electron chi connectivity index (χ2n) is 4.34. The van der Waals surface area contributed by atoms with Crippen molar-refractivity contribution in [2.75, 3.05) is 5.32 Å². The average molecular weight is 286 g/mol. The second kappa shape index (κ2) is 5.35. The predicted molar refractivity (Wildman–Crippen MR) is 80.0 cm³/mol. The van der Waals surface area contributed by atoms with Crippen LogP contribution in [0, 0.1) is 0 Å². The zero-order chi connectivity index (χ0) is 13.9. The Balaban J connectivity index is 1.93. The number of hydrogen-bond acceptors (Lipinski definition) is 4. The van der Waals surface area contributed by atoms with E-state index in [2.05, 4.69) is 15.3 Å². The third-order valence-corrected chi connectivity index (χ3v) is 3.18. The first-order valence-electron chi connectivity index (χ1n) is 6.17. The van der Waals surface area contributed by atoms with Crippen LogP contribution in [0.1, 0.15) is 5.56 Å². The Morgan fingerprint density at radius 3 is 2.60 bits per heavy atom. The quantitative estimate of drug-likeness (QED) is 0.722. The Hall–Kier alpha value is -2.33. The zero-order valence-corrected chi connectivity index (χ0v) is 11.3. The first-order chi connectivity index (χ1) is 9.74. The highest BCUT2D eigenvalue weighted by atomic mass is 35.5. The lowest BCUT2D eigenvalue weighted by Crippen LogP contribution is -2.03. The van der Waals surface area contributed by atoms with E-state index < -0.39 is 0 Å². The first kappa shape index (κ1) is 12.7. The third kappa shape index (κ3) is 2.51. The number of fused-ring (bicyclic) bond motifs is 1. The molecule has 0 saturated carbocycles. The molecule has 2 N–H and O–H groups in total. The molecule has 4 nitrogen and oxygen atoms in total. The molecule has 100 valence electrons. The molecule has 0 saturated heterocycles. The number of aromatic hydroxyl groups is 1. The maximum atomic E-state index is 9.76. The molecule has 1 aromatic heterocycles. The lowest BCUT2D eigenvalue weighted by Gasteiger charge is -2.10. The van der Waals surface area contributed by atoms with E-state index in [4.69, 9.17) is 11.6 Å². The molecule has 0 atom stereocenters. The Bertz CT molecular complexity index is 761. The Morgan fingerprint density at radius 1 is 1.00 bits per heavy atom. The molecule has 0 radical (unpaired) electrons. The highest BCUT2D eigenvalue weighted by Crippen LogP contribution is 2.23. The number of anilines is 1. The molecule has 5 heteroatoms. The van der Waals surface area contributed by atoms with E-state index in [1.165, 1.54) is 0 Å². The molecule has 1 heterocycles. The van der Waals surface area contributed by atoms with Gasteiger partial charge in [-0.1, -0.05) is 30.3 Å². The number of hydrogen-bond donors (Lipinski definition) is 2. The van der Waals surface area contributed by atoms with E-state index in [1.54, 1.807) is 12.1 Å². The zero-order valence-electron chi connectivity index (χ0n) is 10.5. The van der Waals surface area contributed by atoms with Gasteiger partial charge in [0.05, 0.1) is 5.52 Å². The molecular weight excluding hydrogens is 274 g/mol. The van der Waals surface area contributed by atoms with Crippen LogP contribution in [0.3, 0.4) is 0 Å². The van der Waals surface area contributed by atoms with Crippen LogP contribution in [0.25, 0.3) is 10.9 Å². The molecule has 0 aliphatic heterocycles. The van der Waals surface area contributed by atoms with E-state index in [0.717, 1.165) is 16.5 Å². The minimum atomic E-state index is 0.198. The number of phenolic OH excluding ortho intramolecular Hbond substituents is 1. The highest BCUT2D eigenvalue weighted by Gasteiger charge is 2.07. The summed E-state index contributed by atoms with van der Waals surface area (Å²) >= 11 is 5.93.